The molecule has 0 spiro atoms. The minimum atomic E-state index is -0.431. The fourth-order valence-corrected chi connectivity index (χ4v) is 4.76. The highest BCUT2D eigenvalue weighted by Crippen LogP contribution is 2.38. The van der Waals surface area contributed by atoms with Gasteiger partial charge in [-0.2, -0.15) is 5.10 Å². The summed E-state index contributed by atoms with van der Waals surface area (Å²) in [5.74, 6) is -0.660. The summed E-state index contributed by atoms with van der Waals surface area (Å²) in [6.45, 7) is 5.09. The number of allylic oxidation sites excluding steroid dienone is 2. The molecule has 8 heteroatoms. The Kier molecular flexibility index (Phi) is 6.95. The van der Waals surface area contributed by atoms with Gasteiger partial charge in [0.05, 0.1) is 29.5 Å². The first-order chi connectivity index (χ1) is 18.5. The smallest absolute Gasteiger partial charge is 0.247 e. The zero-order valence-corrected chi connectivity index (χ0v) is 20.8. The maximum Gasteiger partial charge on any atom is 0.247 e. The minimum Gasteiger partial charge on any atom is -0.347 e. The van der Waals surface area contributed by atoms with Crippen molar-refractivity contribution in [3.05, 3.63) is 114 Å². The normalized spacial score (nSPS) is 17.9. The highest BCUT2D eigenvalue weighted by Gasteiger charge is 2.42. The predicted molar refractivity (Wildman–Crippen MR) is 147 cm³/mol. The van der Waals surface area contributed by atoms with Crippen LogP contribution in [0.25, 0.3) is 16.6 Å². The molecule has 1 aliphatic heterocycles. The van der Waals surface area contributed by atoms with Crippen LogP contribution in [-0.2, 0) is 9.59 Å². The van der Waals surface area contributed by atoms with Crippen molar-refractivity contribution in [2.75, 3.05) is 4.90 Å². The first-order valence-electron chi connectivity index (χ1n) is 12.2. The molecule has 1 aliphatic rings. The average molecular weight is 508 g/mol. The molecule has 2 atom stereocenters. The van der Waals surface area contributed by atoms with Gasteiger partial charge < -0.3 is 10.2 Å². The number of carbonyl (C=O) groups excluding carboxylic acids is 2. The Hall–Kier alpha value is -4.85. The lowest BCUT2D eigenvalue weighted by Crippen LogP contribution is -2.40. The first kappa shape index (κ1) is 24.8. The Morgan fingerprint density at radius 3 is 2.58 bits per heavy atom. The molecule has 0 radical (unpaired) electrons. The molecule has 3 aromatic carbocycles. The lowest BCUT2D eigenvalue weighted by Gasteiger charge is -2.29. The number of anilines is 1. The molecule has 1 fully saturated rings. The Morgan fingerprint density at radius 2 is 1.84 bits per heavy atom. The topological polar surface area (TPSA) is 79.6 Å². The van der Waals surface area contributed by atoms with Crippen LogP contribution < -0.4 is 10.2 Å². The number of halogens is 1. The summed E-state index contributed by atoms with van der Waals surface area (Å²) >= 11 is 0. The second kappa shape index (κ2) is 10.6. The predicted octanol–water partition coefficient (Wildman–Crippen LogP) is 5.29. The molecule has 0 bridgehead atoms. The Balaban J connectivity index is 1.49. The number of hydrogen-bond acceptors (Lipinski definition) is 4. The lowest BCUT2D eigenvalue weighted by molar-refractivity contribution is -0.118. The van der Waals surface area contributed by atoms with E-state index in [4.69, 9.17) is 0 Å². The van der Waals surface area contributed by atoms with Gasteiger partial charge in [0.2, 0.25) is 11.8 Å². The van der Waals surface area contributed by atoms with Crippen LogP contribution in [0.5, 0.6) is 0 Å². The third-order valence-electron chi connectivity index (χ3n) is 6.58. The van der Waals surface area contributed by atoms with Crippen molar-refractivity contribution >= 4 is 35.1 Å². The van der Waals surface area contributed by atoms with Crippen molar-refractivity contribution in [1.82, 2.24) is 15.1 Å². The Bertz CT molecular complexity index is 1560. The van der Waals surface area contributed by atoms with Crippen LogP contribution in [0.3, 0.4) is 0 Å². The van der Waals surface area contributed by atoms with Gasteiger partial charge in [-0.05, 0) is 67.7 Å². The van der Waals surface area contributed by atoms with Crippen LogP contribution in [-0.4, -0.2) is 34.4 Å². The molecular weight excluding hydrogens is 481 g/mol. The van der Waals surface area contributed by atoms with E-state index in [-0.39, 0.29) is 24.1 Å². The largest absolute Gasteiger partial charge is 0.347 e. The highest BCUT2D eigenvalue weighted by molar-refractivity contribution is 6.01. The second-order valence-electron chi connectivity index (χ2n) is 9.05. The average Bonchev–Trinajstić information content (AvgIpc) is 3.49. The Labute approximate surface area is 219 Å². The molecule has 38 heavy (non-hydrogen) atoms. The maximum atomic E-state index is 13.4. The van der Waals surface area contributed by atoms with E-state index < -0.39 is 12.1 Å². The summed E-state index contributed by atoms with van der Waals surface area (Å²) in [6.07, 6.45) is 6.68. The zero-order valence-electron chi connectivity index (χ0n) is 20.8. The molecule has 190 valence electrons. The van der Waals surface area contributed by atoms with Crippen LogP contribution in [0.15, 0.2) is 108 Å². The molecule has 0 aliphatic carbocycles. The van der Waals surface area contributed by atoms with Gasteiger partial charge in [0, 0.05) is 29.3 Å². The van der Waals surface area contributed by atoms with Crippen molar-refractivity contribution in [3.63, 3.8) is 0 Å². The molecule has 0 saturated carbocycles. The van der Waals surface area contributed by atoms with E-state index in [2.05, 4.69) is 22.1 Å². The van der Waals surface area contributed by atoms with E-state index in [1.807, 2.05) is 48.5 Å². The van der Waals surface area contributed by atoms with E-state index >= 15 is 0 Å². The van der Waals surface area contributed by atoms with Gasteiger partial charge in [-0.25, -0.2) is 9.07 Å². The number of aromatic nitrogens is 2. The van der Waals surface area contributed by atoms with Crippen LogP contribution in [0.4, 0.5) is 10.1 Å². The molecule has 2 amide bonds. The van der Waals surface area contributed by atoms with E-state index in [0.29, 0.717) is 11.3 Å². The van der Waals surface area contributed by atoms with E-state index in [0.717, 1.165) is 22.2 Å². The number of nitrogens with zero attached hydrogens (tertiary/aromatic N) is 4. The van der Waals surface area contributed by atoms with E-state index in [1.54, 1.807) is 47.0 Å². The first-order valence-corrected chi connectivity index (χ1v) is 12.2. The van der Waals surface area contributed by atoms with Gasteiger partial charge >= 0.3 is 0 Å². The fraction of sp³-hybridized carbons (Fsp3) is 0.133. The molecule has 1 N–H and O–H groups in total. The molecule has 2 heterocycles. The fourth-order valence-electron chi connectivity index (χ4n) is 4.76. The number of rotatable bonds is 7. The van der Waals surface area contributed by atoms with Crippen LogP contribution in [0.1, 0.15) is 24.9 Å². The van der Waals surface area contributed by atoms with Gasteiger partial charge in [0.25, 0.3) is 0 Å². The standard InChI is InChI=1S/C30H26FN5O2/c1-20(7-6-16-32-2)30(38)34-26-18-28(37)35(29(26)21-8-4-3-5-9-21)25-14-15-27-22(17-25)19-33-36(27)24-12-10-23(31)11-13-24/h3-17,19,26,29H,2,18H2,1H3,(H,34,38)/b16-6-,20-7+/t26-,29+/m0/s1. The molecule has 1 aromatic heterocycles. The number of aliphatic imine (C=N–C) groups is 1. The summed E-state index contributed by atoms with van der Waals surface area (Å²) < 4.78 is 15.1. The van der Waals surface area contributed by atoms with Gasteiger partial charge in [-0.3, -0.25) is 14.6 Å². The lowest BCUT2D eigenvalue weighted by atomic mass is 9.99. The number of hydrogen-bond donors (Lipinski definition) is 1. The minimum absolute atomic E-state index is 0.0909. The number of benzene rings is 3. The SMILES string of the molecule is C=N/C=C\C=C(/C)C(=O)N[C@H]1CC(=O)N(c2ccc3c(cnn3-c3ccc(F)cc3)c2)[C@@H]1c1ccccc1. The summed E-state index contributed by atoms with van der Waals surface area (Å²) in [4.78, 5) is 31.7. The van der Waals surface area contributed by atoms with Crippen molar-refractivity contribution in [2.45, 2.75) is 25.4 Å². The second-order valence-corrected chi connectivity index (χ2v) is 9.05. The quantitative estimate of drug-likeness (QED) is 0.210. The van der Waals surface area contributed by atoms with Crippen LogP contribution in [0, 0.1) is 5.82 Å². The number of fused-ring (bicyclic) bond motifs is 1. The van der Waals surface area contributed by atoms with Crippen LogP contribution >= 0.6 is 0 Å². The summed E-state index contributed by atoms with van der Waals surface area (Å²) in [7, 11) is 0. The van der Waals surface area contributed by atoms with Crippen molar-refractivity contribution < 1.29 is 14.0 Å². The third-order valence-corrected chi connectivity index (χ3v) is 6.58. The molecular formula is C30H26FN5O2. The third kappa shape index (κ3) is 4.88. The number of amides is 2. The number of carbonyl (C=O) groups is 2. The summed E-state index contributed by atoms with van der Waals surface area (Å²) in [6, 6.07) is 20.7. The molecule has 4 aromatic rings. The monoisotopic (exact) mass is 507 g/mol. The van der Waals surface area contributed by atoms with Gasteiger partial charge in [0.15, 0.2) is 0 Å². The summed E-state index contributed by atoms with van der Waals surface area (Å²) in [5.41, 5.74) is 3.69. The molecule has 0 unspecified atom stereocenters. The number of nitrogens with one attached hydrogen (secondary N) is 1. The maximum absolute atomic E-state index is 13.4. The van der Waals surface area contributed by atoms with Gasteiger partial charge in [-0.1, -0.05) is 36.4 Å². The van der Waals surface area contributed by atoms with Crippen molar-refractivity contribution in [1.29, 1.82) is 0 Å². The molecule has 7 nitrogen and oxygen atoms in total. The van der Waals surface area contributed by atoms with Gasteiger partial charge in [-0.15, -0.1) is 0 Å². The van der Waals surface area contributed by atoms with Crippen molar-refractivity contribution in [3.8, 4) is 5.69 Å². The zero-order chi connectivity index (χ0) is 26.6. The highest BCUT2D eigenvalue weighted by atomic mass is 19.1. The van der Waals surface area contributed by atoms with Gasteiger partial charge in [0.1, 0.15) is 5.82 Å². The Morgan fingerprint density at radius 1 is 1.11 bits per heavy atom. The molecule has 5 rings (SSSR count). The molecule has 1 saturated heterocycles. The van der Waals surface area contributed by atoms with E-state index in [1.165, 1.54) is 18.3 Å². The van der Waals surface area contributed by atoms with Crippen molar-refractivity contribution in [2.24, 2.45) is 4.99 Å². The summed E-state index contributed by atoms with van der Waals surface area (Å²) in [5, 5.41) is 8.36. The van der Waals surface area contributed by atoms with Crippen LogP contribution in [0.2, 0.25) is 0 Å². The van der Waals surface area contributed by atoms with E-state index in [9.17, 15) is 14.0 Å².